The van der Waals surface area contributed by atoms with Gasteiger partial charge in [0.1, 0.15) is 0 Å². The van der Waals surface area contributed by atoms with E-state index in [1.807, 2.05) is 45.2 Å². The standard InChI is InChI=1S/C9H11N.C2H6/c1-2-10-8-9-6-4-3-5-7-9;1-2/h2-7H,8H2,1H3;1-2H3. The Kier molecular flexibility index (Phi) is 7.25. The molecule has 1 nitrogen and oxygen atoms in total. The second kappa shape index (κ2) is 7.99. The lowest BCUT2D eigenvalue weighted by Gasteiger charge is -1.92. The first-order chi connectivity index (χ1) is 5.93. The fourth-order valence-corrected chi connectivity index (χ4v) is 0.780. The van der Waals surface area contributed by atoms with Crippen molar-refractivity contribution < 1.29 is 0 Å². The third-order valence-electron chi connectivity index (χ3n) is 1.30. The lowest BCUT2D eigenvalue weighted by Crippen LogP contribution is -1.78. The van der Waals surface area contributed by atoms with E-state index in [4.69, 9.17) is 0 Å². The van der Waals surface area contributed by atoms with Crippen LogP contribution in [-0.4, -0.2) is 6.21 Å². The van der Waals surface area contributed by atoms with Crippen molar-refractivity contribution in [1.29, 1.82) is 0 Å². The molecule has 0 amide bonds. The van der Waals surface area contributed by atoms with Gasteiger partial charge >= 0.3 is 0 Å². The number of hydrogen-bond donors (Lipinski definition) is 0. The normalized spacial score (nSPS) is 9.25. The Morgan fingerprint density at radius 2 is 1.75 bits per heavy atom. The van der Waals surface area contributed by atoms with Gasteiger partial charge in [-0.05, 0) is 18.7 Å². The molecule has 1 rings (SSSR count). The van der Waals surface area contributed by atoms with Gasteiger partial charge in [0.15, 0.2) is 0 Å². The van der Waals surface area contributed by atoms with Gasteiger partial charge in [-0.25, -0.2) is 0 Å². The zero-order valence-electron chi connectivity index (χ0n) is 8.12. The van der Waals surface area contributed by atoms with E-state index in [0.29, 0.717) is 0 Å². The van der Waals surface area contributed by atoms with Gasteiger partial charge in [-0.3, -0.25) is 4.99 Å². The Labute approximate surface area is 75.2 Å². The highest BCUT2D eigenvalue weighted by Gasteiger charge is 1.83. The maximum atomic E-state index is 4.12. The van der Waals surface area contributed by atoms with Crippen molar-refractivity contribution in [2.45, 2.75) is 27.3 Å². The topological polar surface area (TPSA) is 12.4 Å². The van der Waals surface area contributed by atoms with Gasteiger partial charge in [-0.15, -0.1) is 0 Å². The maximum absolute atomic E-state index is 4.12. The SMILES string of the molecule is CC.CC=NCc1ccccc1. The molecular formula is C11H17N. The fourth-order valence-electron chi connectivity index (χ4n) is 0.780. The highest BCUT2D eigenvalue weighted by atomic mass is 14.7. The number of benzene rings is 1. The van der Waals surface area contributed by atoms with Crippen molar-refractivity contribution >= 4 is 6.21 Å². The summed E-state index contributed by atoms with van der Waals surface area (Å²) in [6.45, 7) is 6.74. The first-order valence-electron chi connectivity index (χ1n) is 4.42. The number of nitrogens with zero attached hydrogens (tertiary/aromatic N) is 1. The van der Waals surface area contributed by atoms with Crippen molar-refractivity contribution in [3.63, 3.8) is 0 Å². The van der Waals surface area contributed by atoms with Gasteiger partial charge < -0.3 is 0 Å². The van der Waals surface area contributed by atoms with Crippen LogP contribution in [0.3, 0.4) is 0 Å². The summed E-state index contributed by atoms with van der Waals surface area (Å²) in [5.74, 6) is 0. The summed E-state index contributed by atoms with van der Waals surface area (Å²) in [6, 6.07) is 10.2. The molecule has 0 spiro atoms. The molecule has 0 aromatic heterocycles. The van der Waals surface area contributed by atoms with Gasteiger partial charge in [0.25, 0.3) is 0 Å². The van der Waals surface area contributed by atoms with Gasteiger partial charge in [-0.1, -0.05) is 44.2 Å². The van der Waals surface area contributed by atoms with E-state index in [9.17, 15) is 0 Å². The molecule has 0 bridgehead atoms. The average molecular weight is 163 g/mol. The molecule has 1 heteroatoms. The van der Waals surface area contributed by atoms with Crippen LogP contribution in [0.25, 0.3) is 0 Å². The number of rotatable bonds is 2. The molecule has 0 aliphatic heterocycles. The van der Waals surface area contributed by atoms with Gasteiger partial charge in [0.05, 0.1) is 6.54 Å². The van der Waals surface area contributed by atoms with Gasteiger partial charge in [0.2, 0.25) is 0 Å². The molecule has 66 valence electrons. The molecule has 0 N–H and O–H groups in total. The van der Waals surface area contributed by atoms with E-state index < -0.39 is 0 Å². The molecule has 1 aromatic rings. The van der Waals surface area contributed by atoms with Gasteiger partial charge in [0, 0.05) is 0 Å². The van der Waals surface area contributed by atoms with E-state index >= 15 is 0 Å². The summed E-state index contributed by atoms with van der Waals surface area (Å²) < 4.78 is 0. The lowest BCUT2D eigenvalue weighted by atomic mass is 10.2. The van der Waals surface area contributed by atoms with Crippen LogP contribution in [0.4, 0.5) is 0 Å². The number of aliphatic imine (C=N–C) groups is 1. The Morgan fingerprint density at radius 1 is 1.17 bits per heavy atom. The second-order valence-electron chi connectivity index (χ2n) is 2.08. The zero-order chi connectivity index (χ0) is 9.23. The van der Waals surface area contributed by atoms with E-state index in [1.165, 1.54) is 5.56 Å². The van der Waals surface area contributed by atoms with Crippen molar-refractivity contribution in [3.05, 3.63) is 35.9 Å². The molecule has 0 radical (unpaired) electrons. The van der Waals surface area contributed by atoms with E-state index in [-0.39, 0.29) is 0 Å². The molecule has 0 saturated carbocycles. The van der Waals surface area contributed by atoms with Crippen LogP contribution in [0, 0.1) is 0 Å². The van der Waals surface area contributed by atoms with Crippen LogP contribution < -0.4 is 0 Å². The molecule has 0 saturated heterocycles. The predicted molar refractivity (Wildman–Crippen MR) is 55.7 cm³/mol. The minimum atomic E-state index is 0.803. The largest absolute Gasteiger partial charge is 0.293 e. The smallest absolute Gasteiger partial charge is 0.0635 e. The third-order valence-corrected chi connectivity index (χ3v) is 1.30. The fraction of sp³-hybridized carbons (Fsp3) is 0.364. The molecular weight excluding hydrogens is 146 g/mol. The third kappa shape index (κ3) is 4.67. The van der Waals surface area contributed by atoms with Crippen molar-refractivity contribution in [2.24, 2.45) is 4.99 Å². The predicted octanol–water partition coefficient (Wildman–Crippen LogP) is 3.30. The summed E-state index contributed by atoms with van der Waals surface area (Å²) in [5.41, 5.74) is 1.26. The quantitative estimate of drug-likeness (QED) is 0.593. The van der Waals surface area contributed by atoms with Crippen LogP contribution in [-0.2, 0) is 6.54 Å². The molecule has 0 fully saturated rings. The zero-order valence-corrected chi connectivity index (χ0v) is 8.12. The van der Waals surface area contributed by atoms with E-state index in [2.05, 4.69) is 17.1 Å². The van der Waals surface area contributed by atoms with Crippen LogP contribution >= 0.6 is 0 Å². The summed E-state index contributed by atoms with van der Waals surface area (Å²) in [5, 5.41) is 0. The molecule has 12 heavy (non-hydrogen) atoms. The first-order valence-corrected chi connectivity index (χ1v) is 4.42. The lowest BCUT2D eigenvalue weighted by molar-refractivity contribution is 1.08. The number of hydrogen-bond acceptors (Lipinski definition) is 1. The van der Waals surface area contributed by atoms with E-state index in [0.717, 1.165) is 6.54 Å². The minimum Gasteiger partial charge on any atom is -0.293 e. The van der Waals surface area contributed by atoms with Crippen LogP contribution in [0.2, 0.25) is 0 Å². The molecule has 1 aromatic carbocycles. The highest BCUT2D eigenvalue weighted by Crippen LogP contribution is 1.98. The molecule has 0 aliphatic carbocycles. The maximum Gasteiger partial charge on any atom is 0.0635 e. The van der Waals surface area contributed by atoms with Crippen molar-refractivity contribution in [3.8, 4) is 0 Å². The molecule has 0 heterocycles. The Hall–Kier alpha value is -1.11. The molecule has 0 aliphatic rings. The summed E-state index contributed by atoms with van der Waals surface area (Å²) in [6.07, 6.45) is 1.83. The Balaban J connectivity index is 0.000000561. The first kappa shape index (κ1) is 10.9. The molecule has 0 unspecified atom stereocenters. The summed E-state index contributed by atoms with van der Waals surface area (Å²) in [4.78, 5) is 4.12. The monoisotopic (exact) mass is 163 g/mol. The molecule has 0 atom stereocenters. The second-order valence-corrected chi connectivity index (χ2v) is 2.08. The van der Waals surface area contributed by atoms with Crippen molar-refractivity contribution in [2.75, 3.05) is 0 Å². The summed E-state index contributed by atoms with van der Waals surface area (Å²) >= 11 is 0. The minimum absolute atomic E-state index is 0.803. The van der Waals surface area contributed by atoms with Crippen LogP contribution in [0.1, 0.15) is 26.3 Å². The summed E-state index contributed by atoms with van der Waals surface area (Å²) in [7, 11) is 0. The van der Waals surface area contributed by atoms with Crippen LogP contribution in [0.15, 0.2) is 35.3 Å². The Morgan fingerprint density at radius 3 is 2.25 bits per heavy atom. The van der Waals surface area contributed by atoms with Crippen molar-refractivity contribution in [1.82, 2.24) is 0 Å². The van der Waals surface area contributed by atoms with Gasteiger partial charge in [-0.2, -0.15) is 0 Å². The van der Waals surface area contributed by atoms with Crippen LogP contribution in [0.5, 0.6) is 0 Å². The van der Waals surface area contributed by atoms with E-state index in [1.54, 1.807) is 0 Å². The average Bonchev–Trinajstić information content (AvgIpc) is 2.19. The highest BCUT2D eigenvalue weighted by molar-refractivity contribution is 5.53. The Bertz CT molecular complexity index is 202.